The molecule has 3 aromatic rings. The summed E-state index contributed by atoms with van der Waals surface area (Å²) in [5.74, 6) is 0. The fourth-order valence-electron chi connectivity index (χ4n) is 2.39. The zero-order chi connectivity index (χ0) is 19.2. The van der Waals surface area contributed by atoms with Crippen LogP contribution in [-0.4, -0.2) is 43.4 Å². The summed E-state index contributed by atoms with van der Waals surface area (Å²) < 4.78 is 5.94. The maximum absolute atomic E-state index is 12.9. The molecule has 1 N–H and O–H groups in total. The summed E-state index contributed by atoms with van der Waals surface area (Å²) in [7, 11) is 1.30. The van der Waals surface area contributed by atoms with Gasteiger partial charge in [-0.25, -0.2) is 14.6 Å². The molecule has 0 fully saturated rings. The Kier molecular flexibility index (Phi) is 4.18. The molecule has 0 saturated heterocycles. The number of aromatic nitrogens is 5. The fourth-order valence-corrected chi connectivity index (χ4v) is 3.49. The summed E-state index contributed by atoms with van der Waals surface area (Å²) in [5.41, 5.74) is -1.52. The maximum atomic E-state index is 12.9. The van der Waals surface area contributed by atoms with Crippen LogP contribution < -0.4 is 16.3 Å². The predicted octanol–water partition coefficient (Wildman–Crippen LogP) is 1.14. The first-order chi connectivity index (χ1) is 12.1. The van der Waals surface area contributed by atoms with E-state index in [2.05, 4.69) is 15.2 Å². The van der Waals surface area contributed by atoms with Gasteiger partial charge in [-0.1, -0.05) is 11.3 Å². The van der Waals surface area contributed by atoms with Crippen molar-refractivity contribution in [1.29, 1.82) is 0 Å². The van der Waals surface area contributed by atoms with Gasteiger partial charge in [0.25, 0.3) is 5.56 Å². The van der Waals surface area contributed by atoms with E-state index in [0.717, 1.165) is 9.69 Å². The summed E-state index contributed by atoms with van der Waals surface area (Å²) in [4.78, 5) is 42.0. The van der Waals surface area contributed by atoms with Crippen molar-refractivity contribution in [2.24, 2.45) is 0 Å². The third-order valence-corrected chi connectivity index (χ3v) is 4.67. The number of carbonyl (C=O) groups excluding carboxylic acids is 1. The molecule has 3 heterocycles. The lowest BCUT2D eigenvalue weighted by Crippen LogP contribution is -2.52. The van der Waals surface area contributed by atoms with Crippen LogP contribution in [0.4, 0.5) is 4.79 Å². The number of aromatic amines is 1. The monoisotopic (exact) mass is 378 g/mol. The zero-order valence-corrected chi connectivity index (χ0v) is 15.7. The van der Waals surface area contributed by atoms with Crippen molar-refractivity contribution in [1.82, 2.24) is 24.7 Å². The predicted molar refractivity (Wildman–Crippen MR) is 96.7 cm³/mol. The molecule has 26 heavy (non-hydrogen) atoms. The van der Waals surface area contributed by atoms with Gasteiger partial charge in [-0.3, -0.25) is 9.78 Å². The Hall–Kier alpha value is -2.95. The molecular formula is C15H18N6O4S. The number of amides is 1. The quantitative estimate of drug-likeness (QED) is 0.715. The molecule has 0 aliphatic heterocycles. The first-order valence-corrected chi connectivity index (χ1v) is 8.54. The standard InChI is InChI=1S/C15H18N6O4S/c1-8-9-10(26-12(8)21-16-6-7-17-21)18-13(23)20(11(9)22)19(5)14(24)25-15(2,3)4/h6-7H,1-5H3,(H,18,23). The number of thiophene rings is 1. The van der Waals surface area contributed by atoms with E-state index < -0.39 is 22.9 Å². The number of nitrogens with one attached hydrogen (secondary N) is 1. The normalized spacial score (nSPS) is 11.7. The molecule has 10 nitrogen and oxygen atoms in total. The van der Waals surface area contributed by atoms with Gasteiger partial charge in [-0.15, -0.1) is 4.80 Å². The summed E-state index contributed by atoms with van der Waals surface area (Å²) in [6.07, 6.45) is 2.22. The van der Waals surface area contributed by atoms with Crippen LogP contribution in [0.5, 0.6) is 0 Å². The highest BCUT2D eigenvalue weighted by Gasteiger charge is 2.25. The minimum absolute atomic E-state index is 0.289. The first kappa shape index (κ1) is 17.9. The largest absolute Gasteiger partial charge is 0.442 e. The van der Waals surface area contributed by atoms with Crippen LogP contribution in [-0.2, 0) is 4.74 Å². The minimum Gasteiger partial charge on any atom is -0.442 e. The highest BCUT2D eigenvalue weighted by Crippen LogP contribution is 2.28. The summed E-state index contributed by atoms with van der Waals surface area (Å²) in [5, 5.41) is 9.85. The molecule has 11 heteroatoms. The molecule has 0 unspecified atom stereocenters. The van der Waals surface area contributed by atoms with E-state index >= 15 is 0 Å². The van der Waals surface area contributed by atoms with Crippen LogP contribution in [0, 0.1) is 6.92 Å². The Morgan fingerprint density at radius 2 is 1.88 bits per heavy atom. The summed E-state index contributed by atoms with van der Waals surface area (Å²) in [6.45, 7) is 6.82. The molecule has 0 bridgehead atoms. The Morgan fingerprint density at radius 3 is 2.46 bits per heavy atom. The zero-order valence-electron chi connectivity index (χ0n) is 14.9. The van der Waals surface area contributed by atoms with E-state index in [1.54, 1.807) is 27.7 Å². The molecule has 0 aromatic carbocycles. The molecule has 0 aliphatic rings. The SMILES string of the molecule is Cc1c(-n2nccn2)sc2[nH]c(=O)n(N(C)C(=O)OC(C)(C)C)c(=O)c12. The van der Waals surface area contributed by atoms with Gasteiger partial charge >= 0.3 is 11.8 Å². The number of aryl methyl sites for hydroxylation is 1. The second-order valence-electron chi connectivity index (χ2n) is 6.61. The lowest BCUT2D eigenvalue weighted by molar-refractivity contribution is 0.0546. The van der Waals surface area contributed by atoms with E-state index in [-0.39, 0.29) is 5.39 Å². The maximum Gasteiger partial charge on any atom is 0.429 e. The Labute approximate surface area is 151 Å². The van der Waals surface area contributed by atoms with Gasteiger partial charge in [0.2, 0.25) is 0 Å². The van der Waals surface area contributed by atoms with Gasteiger partial charge in [-0.05, 0) is 27.7 Å². The lowest BCUT2D eigenvalue weighted by atomic mass is 10.2. The van der Waals surface area contributed by atoms with Crippen molar-refractivity contribution < 1.29 is 9.53 Å². The second-order valence-corrected chi connectivity index (χ2v) is 7.60. The topological polar surface area (TPSA) is 115 Å². The number of carbonyl (C=O) groups is 1. The van der Waals surface area contributed by atoms with Crippen molar-refractivity contribution in [2.75, 3.05) is 12.1 Å². The summed E-state index contributed by atoms with van der Waals surface area (Å²) in [6, 6.07) is 0. The molecule has 3 rings (SSSR count). The fraction of sp³-hybridized carbons (Fsp3) is 0.400. The van der Waals surface area contributed by atoms with Crippen molar-refractivity contribution >= 4 is 27.6 Å². The van der Waals surface area contributed by atoms with Gasteiger partial charge in [0.15, 0.2) is 0 Å². The van der Waals surface area contributed by atoms with E-state index in [0.29, 0.717) is 15.4 Å². The van der Waals surface area contributed by atoms with Crippen LogP contribution in [0.2, 0.25) is 0 Å². The first-order valence-electron chi connectivity index (χ1n) is 7.72. The van der Waals surface area contributed by atoms with Gasteiger partial charge < -0.3 is 4.74 Å². The number of ether oxygens (including phenoxy) is 1. The molecule has 0 spiro atoms. The average Bonchev–Trinajstić information content (AvgIpc) is 3.13. The number of H-pyrrole nitrogens is 1. The number of nitrogens with zero attached hydrogens (tertiary/aromatic N) is 5. The van der Waals surface area contributed by atoms with E-state index in [9.17, 15) is 14.4 Å². The lowest BCUT2D eigenvalue weighted by Gasteiger charge is -2.24. The second kappa shape index (κ2) is 6.09. The molecule has 0 atom stereocenters. The molecule has 0 saturated carbocycles. The minimum atomic E-state index is -0.814. The van der Waals surface area contributed by atoms with Crippen molar-refractivity contribution in [3.05, 3.63) is 38.8 Å². The smallest absolute Gasteiger partial charge is 0.429 e. The third kappa shape index (κ3) is 3.01. The van der Waals surface area contributed by atoms with Gasteiger partial charge in [0.05, 0.1) is 17.8 Å². The van der Waals surface area contributed by atoms with E-state index in [1.807, 2.05) is 0 Å². The third-order valence-electron chi connectivity index (χ3n) is 3.50. The molecule has 0 radical (unpaired) electrons. The average molecular weight is 378 g/mol. The van der Waals surface area contributed by atoms with Crippen molar-refractivity contribution in [3.63, 3.8) is 0 Å². The van der Waals surface area contributed by atoms with Gasteiger partial charge in [0, 0.05) is 12.6 Å². The molecule has 0 aliphatic carbocycles. The Balaban J connectivity index is 2.16. The van der Waals surface area contributed by atoms with E-state index in [4.69, 9.17) is 4.74 Å². The Bertz CT molecular complexity index is 1090. The number of hydrogen-bond acceptors (Lipinski definition) is 7. The van der Waals surface area contributed by atoms with Crippen LogP contribution in [0.15, 0.2) is 22.0 Å². The molecule has 138 valence electrons. The van der Waals surface area contributed by atoms with E-state index in [1.165, 1.54) is 35.6 Å². The highest BCUT2D eigenvalue weighted by molar-refractivity contribution is 7.21. The van der Waals surface area contributed by atoms with Gasteiger partial charge in [-0.2, -0.15) is 14.9 Å². The van der Waals surface area contributed by atoms with Crippen molar-refractivity contribution in [3.8, 4) is 5.00 Å². The number of hydrogen-bond donors (Lipinski definition) is 1. The highest BCUT2D eigenvalue weighted by atomic mass is 32.1. The van der Waals surface area contributed by atoms with Gasteiger partial charge in [0.1, 0.15) is 15.4 Å². The molecule has 1 amide bonds. The Morgan fingerprint density at radius 1 is 1.27 bits per heavy atom. The molecular weight excluding hydrogens is 360 g/mol. The van der Waals surface area contributed by atoms with Crippen LogP contribution >= 0.6 is 11.3 Å². The van der Waals surface area contributed by atoms with Crippen molar-refractivity contribution in [2.45, 2.75) is 33.3 Å². The molecule has 3 aromatic heterocycles. The van der Waals surface area contributed by atoms with Crippen LogP contribution in [0.25, 0.3) is 15.2 Å². The van der Waals surface area contributed by atoms with Crippen LogP contribution in [0.1, 0.15) is 26.3 Å². The van der Waals surface area contributed by atoms with Crippen LogP contribution in [0.3, 0.4) is 0 Å². The number of rotatable bonds is 2. The number of fused-ring (bicyclic) bond motifs is 1. The summed E-state index contributed by atoms with van der Waals surface area (Å²) >= 11 is 1.18.